The Morgan fingerprint density at radius 1 is 0.833 bits per heavy atom. The molecule has 2 rings (SSSR count). The monoisotopic (exact) mass is 346 g/mol. The van der Waals surface area contributed by atoms with Crippen LogP contribution < -0.4 is 5.30 Å². The van der Waals surface area contributed by atoms with Gasteiger partial charge in [0, 0.05) is 0 Å². The van der Waals surface area contributed by atoms with E-state index in [4.69, 9.17) is 9.05 Å². The van der Waals surface area contributed by atoms with Crippen molar-refractivity contribution in [1.29, 1.82) is 0 Å². The summed E-state index contributed by atoms with van der Waals surface area (Å²) < 4.78 is 24.4. The lowest BCUT2D eigenvalue weighted by Gasteiger charge is -2.19. The first kappa shape index (κ1) is 18.5. The first-order chi connectivity index (χ1) is 11.7. The number of hydrogen-bond acceptors (Lipinski definition) is 5. The van der Waals surface area contributed by atoms with E-state index in [1.54, 1.807) is 18.2 Å². The zero-order valence-corrected chi connectivity index (χ0v) is 15.0. The Hall–Kier alpha value is -1.81. The Morgan fingerprint density at radius 3 is 2.04 bits per heavy atom. The molecule has 0 spiro atoms. The zero-order chi connectivity index (χ0) is 17.3. The van der Waals surface area contributed by atoms with E-state index in [1.165, 1.54) is 0 Å². The highest BCUT2D eigenvalue weighted by Gasteiger charge is 2.30. The molecule has 0 unspecified atom stereocenters. The lowest BCUT2D eigenvalue weighted by atomic mass is 10.3. The average molecular weight is 346 g/mol. The van der Waals surface area contributed by atoms with Gasteiger partial charge in [-0.05, 0) is 37.1 Å². The third-order valence-electron chi connectivity index (χ3n) is 3.14. The number of rotatable bonds is 9. The van der Waals surface area contributed by atoms with Crippen LogP contribution in [0.1, 0.15) is 26.7 Å². The van der Waals surface area contributed by atoms with E-state index in [-0.39, 0.29) is 0 Å². The fraction of sp³-hybridized carbons (Fsp3) is 0.333. The Kier molecular flexibility index (Phi) is 7.32. The summed E-state index contributed by atoms with van der Waals surface area (Å²) >= 11 is 0. The molecule has 0 amide bonds. The van der Waals surface area contributed by atoms with Crippen LogP contribution in [0, 0.1) is 0 Å². The highest BCUT2D eigenvalue weighted by molar-refractivity contribution is 7.62. The number of nitrogens with zero attached hydrogens (tertiary/aromatic N) is 2. The SMILES string of the molecule is CCCOP(=O)(OCCC)c1ccccc1N=Nc1ccccc1. The number of hydrogen-bond donors (Lipinski definition) is 0. The van der Waals surface area contributed by atoms with Crippen LogP contribution >= 0.6 is 7.60 Å². The fourth-order valence-corrected chi connectivity index (χ4v) is 3.85. The van der Waals surface area contributed by atoms with Gasteiger partial charge in [0.15, 0.2) is 0 Å². The molecular weight excluding hydrogens is 323 g/mol. The maximum Gasteiger partial charge on any atom is 0.363 e. The van der Waals surface area contributed by atoms with Gasteiger partial charge in [-0.2, -0.15) is 5.11 Å². The van der Waals surface area contributed by atoms with E-state index in [9.17, 15) is 4.57 Å². The molecule has 0 bridgehead atoms. The third-order valence-corrected chi connectivity index (χ3v) is 5.15. The minimum atomic E-state index is -3.42. The summed E-state index contributed by atoms with van der Waals surface area (Å²) in [7, 11) is -3.42. The normalized spacial score (nSPS) is 11.9. The maximum absolute atomic E-state index is 13.2. The minimum Gasteiger partial charge on any atom is -0.305 e. The second-order valence-corrected chi connectivity index (χ2v) is 7.18. The van der Waals surface area contributed by atoms with Crippen LogP contribution in [0.2, 0.25) is 0 Å². The van der Waals surface area contributed by atoms with Crippen molar-refractivity contribution in [3.05, 3.63) is 54.6 Å². The Bertz CT molecular complexity index is 692. The Labute approximate surface area is 143 Å². The Morgan fingerprint density at radius 2 is 1.42 bits per heavy atom. The molecule has 24 heavy (non-hydrogen) atoms. The van der Waals surface area contributed by atoms with Gasteiger partial charge in [-0.25, -0.2) is 0 Å². The van der Waals surface area contributed by atoms with E-state index in [2.05, 4.69) is 10.2 Å². The molecular formula is C18H23N2O3P. The number of benzene rings is 2. The predicted octanol–water partition coefficient (Wildman–Crippen LogP) is 5.77. The quantitative estimate of drug-likeness (QED) is 0.427. The Balaban J connectivity index is 2.34. The molecule has 0 aliphatic carbocycles. The van der Waals surface area contributed by atoms with Crippen molar-refractivity contribution in [1.82, 2.24) is 0 Å². The molecule has 0 aliphatic rings. The van der Waals surface area contributed by atoms with E-state index < -0.39 is 7.60 Å². The second kappa shape index (κ2) is 9.48. The van der Waals surface area contributed by atoms with Crippen LogP contribution in [0.5, 0.6) is 0 Å². The van der Waals surface area contributed by atoms with Gasteiger partial charge in [0.05, 0.1) is 24.2 Å². The molecule has 0 saturated heterocycles. The van der Waals surface area contributed by atoms with E-state index in [0.29, 0.717) is 24.2 Å². The molecule has 0 radical (unpaired) electrons. The molecule has 0 heterocycles. The lowest BCUT2D eigenvalue weighted by molar-refractivity contribution is 0.213. The minimum absolute atomic E-state index is 0.366. The molecule has 0 atom stereocenters. The van der Waals surface area contributed by atoms with Crippen LogP contribution in [-0.4, -0.2) is 13.2 Å². The summed E-state index contributed by atoms with van der Waals surface area (Å²) in [4.78, 5) is 0. The fourth-order valence-electron chi connectivity index (χ4n) is 1.99. The van der Waals surface area contributed by atoms with Crippen molar-refractivity contribution in [2.45, 2.75) is 26.7 Å². The average Bonchev–Trinajstić information content (AvgIpc) is 2.64. The van der Waals surface area contributed by atoms with E-state index in [0.717, 1.165) is 18.5 Å². The third kappa shape index (κ3) is 5.10. The molecule has 128 valence electrons. The van der Waals surface area contributed by atoms with Gasteiger partial charge in [-0.3, -0.25) is 4.57 Å². The van der Waals surface area contributed by atoms with Gasteiger partial charge in [-0.1, -0.05) is 44.2 Å². The van der Waals surface area contributed by atoms with Gasteiger partial charge in [0.1, 0.15) is 5.69 Å². The predicted molar refractivity (Wildman–Crippen MR) is 96.8 cm³/mol. The van der Waals surface area contributed by atoms with Crippen LogP contribution in [0.25, 0.3) is 0 Å². The molecule has 0 fully saturated rings. The van der Waals surface area contributed by atoms with Crippen molar-refractivity contribution >= 4 is 24.3 Å². The highest BCUT2D eigenvalue weighted by atomic mass is 31.2. The molecule has 2 aromatic rings. The van der Waals surface area contributed by atoms with E-state index in [1.807, 2.05) is 50.2 Å². The molecule has 2 aromatic carbocycles. The van der Waals surface area contributed by atoms with Crippen molar-refractivity contribution in [3.8, 4) is 0 Å². The van der Waals surface area contributed by atoms with Crippen LogP contribution in [0.4, 0.5) is 11.4 Å². The lowest BCUT2D eigenvalue weighted by Crippen LogP contribution is -2.12. The van der Waals surface area contributed by atoms with Crippen LogP contribution in [0.15, 0.2) is 64.8 Å². The maximum atomic E-state index is 13.2. The van der Waals surface area contributed by atoms with Gasteiger partial charge >= 0.3 is 7.60 Å². The molecule has 0 saturated carbocycles. The molecule has 0 N–H and O–H groups in total. The molecule has 5 nitrogen and oxygen atoms in total. The summed E-state index contributed by atoms with van der Waals surface area (Å²) in [5.41, 5.74) is 1.22. The van der Waals surface area contributed by atoms with Crippen molar-refractivity contribution in [2.75, 3.05) is 13.2 Å². The van der Waals surface area contributed by atoms with Gasteiger partial charge in [-0.15, -0.1) is 5.11 Å². The number of azo groups is 1. The largest absolute Gasteiger partial charge is 0.363 e. The van der Waals surface area contributed by atoms with Gasteiger partial charge in [0.25, 0.3) is 0 Å². The van der Waals surface area contributed by atoms with Crippen LogP contribution in [-0.2, 0) is 13.6 Å². The topological polar surface area (TPSA) is 60.2 Å². The zero-order valence-electron chi connectivity index (χ0n) is 14.1. The molecule has 6 heteroatoms. The summed E-state index contributed by atoms with van der Waals surface area (Å²) in [6, 6.07) is 16.5. The highest BCUT2D eigenvalue weighted by Crippen LogP contribution is 2.49. The molecule has 0 aliphatic heterocycles. The van der Waals surface area contributed by atoms with Gasteiger partial charge in [0.2, 0.25) is 0 Å². The standard InChI is InChI=1S/C18H23N2O3P/c1-3-14-22-24(21,23-15-4-2)18-13-9-8-12-17(18)20-19-16-10-6-5-7-11-16/h5-13H,3-4,14-15H2,1-2H3. The van der Waals surface area contributed by atoms with Crippen molar-refractivity contribution < 1.29 is 13.6 Å². The summed E-state index contributed by atoms with van der Waals surface area (Å²) in [6.07, 6.45) is 1.51. The van der Waals surface area contributed by atoms with Crippen molar-refractivity contribution in [2.24, 2.45) is 10.2 Å². The summed E-state index contributed by atoms with van der Waals surface area (Å²) in [6.45, 7) is 4.66. The second-order valence-electron chi connectivity index (χ2n) is 5.19. The molecule has 0 aromatic heterocycles. The first-order valence-electron chi connectivity index (χ1n) is 8.15. The van der Waals surface area contributed by atoms with Crippen molar-refractivity contribution in [3.63, 3.8) is 0 Å². The summed E-state index contributed by atoms with van der Waals surface area (Å²) in [5, 5.41) is 8.91. The smallest absolute Gasteiger partial charge is 0.305 e. The van der Waals surface area contributed by atoms with E-state index >= 15 is 0 Å². The summed E-state index contributed by atoms with van der Waals surface area (Å²) in [5.74, 6) is 0. The van der Waals surface area contributed by atoms with Crippen LogP contribution in [0.3, 0.4) is 0 Å². The first-order valence-corrected chi connectivity index (χ1v) is 9.69. The van der Waals surface area contributed by atoms with Gasteiger partial charge < -0.3 is 9.05 Å².